The van der Waals surface area contributed by atoms with Crippen LogP contribution in [0.25, 0.3) is 16.5 Å². The molecular weight excluding hydrogens is 466 g/mol. The van der Waals surface area contributed by atoms with Gasteiger partial charge < -0.3 is 14.8 Å². The number of hydroxylamine groups is 1. The van der Waals surface area contributed by atoms with Crippen LogP contribution in [-0.2, 0) is 13.0 Å². The standard InChI is InChI=1S/C28H33N7O2/c1-33-9-11-34(12-10-33)17-19-3-2-4-20(13-19)21-5-6-25-24(14-21)23-7-8-35(18-26(23)31-25)28-29-15-22(16-30-28)27(36)32-37/h3,5-6,13-16,31,37H,2,4,7-12,17-18H2,1H3,(H,32,36). The summed E-state index contributed by atoms with van der Waals surface area (Å²) in [5.74, 6) is -0.0413. The minimum absolute atomic E-state index is 0.223. The molecular formula is C28H33N7O2. The molecule has 0 spiro atoms. The molecule has 9 heteroatoms. The molecule has 1 amide bonds. The van der Waals surface area contributed by atoms with Crippen LogP contribution in [0.15, 0.2) is 48.3 Å². The Kier molecular flexibility index (Phi) is 6.50. The number of anilines is 1. The maximum Gasteiger partial charge on any atom is 0.277 e. The van der Waals surface area contributed by atoms with Crippen molar-refractivity contribution in [1.82, 2.24) is 30.2 Å². The molecule has 3 aromatic rings. The largest absolute Gasteiger partial charge is 0.357 e. The molecule has 2 aromatic heterocycles. The van der Waals surface area contributed by atoms with Crippen molar-refractivity contribution < 1.29 is 10.0 Å². The lowest BCUT2D eigenvalue weighted by Gasteiger charge is -2.33. The number of likely N-dealkylation sites (N-methyl/N-ethyl adjacent to an activating group) is 1. The number of benzene rings is 1. The Labute approximate surface area is 216 Å². The van der Waals surface area contributed by atoms with E-state index in [1.807, 2.05) is 0 Å². The van der Waals surface area contributed by atoms with Crippen molar-refractivity contribution in [2.75, 3.05) is 51.2 Å². The first-order chi connectivity index (χ1) is 18.1. The number of piperazine rings is 1. The summed E-state index contributed by atoms with van der Waals surface area (Å²) >= 11 is 0. The van der Waals surface area contributed by atoms with Crippen LogP contribution in [0.4, 0.5) is 5.95 Å². The van der Waals surface area contributed by atoms with Gasteiger partial charge >= 0.3 is 0 Å². The monoisotopic (exact) mass is 499 g/mol. The van der Waals surface area contributed by atoms with E-state index in [2.05, 4.69) is 67.1 Å². The molecule has 37 heavy (non-hydrogen) atoms. The van der Waals surface area contributed by atoms with Crippen LogP contribution in [0.3, 0.4) is 0 Å². The third-order valence-corrected chi connectivity index (χ3v) is 7.81. The highest BCUT2D eigenvalue weighted by Gasteiger charge is 2.23. The first kappa shape index (κ1) is 23.8. The van der Waals surface area contributed by atoms with Gasteiger partial charge in [0.1, 0.15) is 0 Å². The number of carbonyl (C=O) groups excluding carboxylic acids is 1. The maximum absolute atomic E-state index is 11.6. The van der Waals surface area contributed by atoms with Crippen LogP contribution < -0.4 is 10.4 Å². The Morgan fingerprint density at radius 2 is 1.92 bits per heavy atom. The fourth-order valence-corrected chi connectivity index (χ4v) is 5.65. The van der Waals surface area contributed by atoms with Crippen LogP contribution in [-0.4, -0.2) is 82.2 Å². The molecule has 192 valence electrons. The number of rotatable bonds is 5. The van der Waals surface area contributed by atoms with E-state index in [1.54, 1.807) is 5.48 Å². The van der Waals surface area contributed by atoms with E-state index in [0.717, 1.165) is 64.0 Å². The number of amides is 1. The molecule has 0 radical (unpaired) electrons. The molecule has 1 saturated heterocycles. The second-order valence-electron chi connectivity index (χ2n) is 10.3. The van der Waals surface area contributed by atoms with Crippen molar-refractivity contribution in [3.63, 3.8) is 0 Å². The molecule has 2 aliphatic heterocycles. The molecule has 3 N–H and O–H groups in total. The smallest absolute Gasteiger partial charge is 0.277 e. The van der Waals surface area contributed by atoms with Crippen LogP contribution in [0.2, 0.25) is 0 Å². The van der Waals surface area contributed by atoms with Gasteiger partial charge in [-0.3, -0.25) is 14.9 Å². The zero-order valence-electron chi connectivity index (χ0n) is 21.2. The summed E-state index contributed by atoms with van der Waals surface area (Å²) in [7, 11) is 2.20. The number of aromatic nitrogens is 3. The molecule has 0 atom stereocenters. The Balaban J connectivity index is 1.19. The highest BCUT2D eigenvalue weighted by molar-refractivity contribution is 5.92. The molecule has 0 unspecified atom stereocenters. The average Bonchev–Trinajstić information content (AvgIpc) is 3.31. The maximum atomic E-state index is 11.6. The number of H-pyrrole nitrogens is 1. The SMILES string of the molecule is CN1CCN(CC2=CCCC(c3ccc4[nH]c5c(c4c3)CCN(c3ncc(C(=O)NO)cn3)C5)=C2)CC1. The van der Waals surface area contributed by atoms with Gasteiger partial charge in [0.05, 0.1) is 12.1 Å². The lowest BCUT2D eigenvalue weighted by Crippen LogP contribution is -2.45. The van der Waals surface area contributed by atoms with Crippen molar-refractivity contribution in [3.8, 4) is 0 Å². The van der Waals surface area contributed by atoms with Crippen LogP contribution in [0, 0.1) is 0 Å². The van der Waals surface area contributed by atoms with Gasteiger partial charge in [-0.05, 0) is 60.7 Å². The number of fused-ring (bicyclic) bond motifs is 3. The molecule has 0 bridgehead atoms. The lowest BCUT2D eigenvalue weighted by molar-refractivity contribution is 0.0705. The highest BCUT2D eigenvalue weighted by atomic mass is 16.5. The van der Waals surface area contributed by atoms with Gasteiger partial charge in [0.25, 0.3) is 5.91 Å². The van der Waals surface area contributed by atoms with Gasteiger partial charge in [-0.15, -0.1) is 0 Å². The van der Waals surface area contributed by atoms with Gasteiger partial charge in [-0.1, -0.05) is 18.2 Å². The van der Waals surface area contributed by atoms with Crippen LogP contribution in [0.1, 0.15) is 40.0 Å². The van der Waals surface area contributed by atoms with Crippen molar-refractivity contribution >= 4 is 28.3 Å². The fourth-order valence-electron chi connectivity index (χ4n) is 5.65. The Hall–Kier alpha value is -3.53. The summed E-state index contributed by atoms with van der Waals surface area (Å²) in [5, 5.41) is 10.1. The summed E-state index contributed by atoms with van der Waals surface area (Å²) in [6.45, 7) is 7.11. The topological polar surface area (TPSA) is 101 Å². The fraction of sp³-hybridized carbons (Fsp3) is 0.393. The Morgan fingerprint density at radius 1 is 1.11 bits per heavy atom. The van der Waals surface area contributed by atoms with E-state index in [0.29, 0.717) is 12.5 Å². The van der Waals surface area contributed by atoms with Crippen molar-refractivity contribution in [1.29, 1.82) is 0 Å². The molecule has 1 fully saturated rings. The molecule has 9 nitrogen and oxygen atoms in total. The number of nitrogens with zero attached hydrogens (tertiary/aromatic N) is 5. The predicted octanol–water partition coefficient (Wildman–Crippen LogP) is 2.99. The molecule has 1 aromatic carbocycles. The van der Waals surface area contributed by atoms with Crippen molar-refractivity contribution in [2.24, 2.45) is 0 Å². The first-order valence-corrected chi connectivity index (χ1v) is 13.0. The molecule has 6 rings (SSSR count). The second kappa shape index (κ2) is 10.1. The number of nitrogens with one attached hydrogen (secondary N) is 2. The lowest BCUT2D eigenvalue weighted by atomic mass is 9.92. The van der Waals surface area contributed by atoms with E-state index in [9.17, 15) is 4.79 Å². The molecule has 3 aliphatic rings. The van der Waals surface area contributed by atoms with Crippen LogP contribution in [0.5, 0.6) is 0 Å². The third-order valence-electron chi connectivity index (χ3n) is 7.81. The van der Waals surface area contributed by atoms with Gasteiger partial charge in [-0.2, -0.15) is 0 Å². The Morgan fingerprint density at radius 3 is 2.70 bits per heavy atom. The van der Waals surface area contributed by atoms with E-state index in [4.69, 9.17) is 5.21 Å². The number of hydrogen-bond donors (Lipinski definition) is 3. The zero-order valence-corrected chi connectivity index (χ0v) is 21.2. The average molecular weight is 500 g/mol. The van der Waals surface area contributed by atoms with Gasteiger partial charge in [0.15, 0.2) is 0 Å². The number of allylic oxidation sites excluding steroid dienone is 2. The third kappa shape index (κ3) is 4.90. The summed E-state index contributed by atoms with van der Waals surface area (Å²) in [4.78, 5) is 30.9. The number of hydrogen-bond acceptors (Lipinski definition) is 7. The zero-order chi connectivity index (χ0) is 25.4. The van der Waals surface area contributed by atoms with Crippen molar-refractivity contribution in [3.05, 3.63) is 70.7 Å². The summed E-state index contributed by atoms with van der Waals surface area (Å²) < 4.78 is 0. The molecule has 0 saturated carbocycles. The first-order valence-electron chi connectivity index (χ1n) is 13.0. The normalized spacial score (nSPS) is 18.9. The quantitative estimate of drug-likeness (QED) is 0.367. The molecule has 1 aliphatic carbocycles. The van der Waals surface area contributed by atoms with Gasteiger partial charge in [0, 0.05) is 68.3 Å². The van der Waals surface area contributed by atoms with Gasteiger partial charge in [-0.25, -0.2) is 15.4 Å². The Bertz CT molecular complexity index is 1370. The predicted molar refractivity (Wildman–Crippen MR) is 144 cm³/mol. The van der Waals surface area contributed by atoms with E-state index in [1.165, 1.54) is 45.7 Å². The summed E-state index contributed by atoms with van der Waals surface area (Å²) in [6, 6.07) is 6.83. The van der Waals surface area contributed by atoms with E-state index >= 15 is 0 Å². The number of aromatic amines is 1. The number of carbonyl (C=O) groups is 1. The minimum atomic E-state index is -0.617. The second-order valence-corrected chi connectivity index (χ2v) is 10.3. The summed E-state index contributed by atoms with van der Waals surface area (Å²) in [6.07, 6.45) is 10.8. The van der Waals surface area contributed by atoms with Crippen molar-refractivity contribution in [2.45, 2.75) is 25.8 Å². The van der Waals surface area contributed by atoms with E-state index < -0.39 is 5.91 Å². The summed E-state index contributed by atoms with van der Waals surface area (Å²) in [5.41, 5.74) is 9.75. The minimum Gasteiger partial charge on any atom is -0.357 e. The highest BCUT2D eigenvalue weighted by Crippen LogP contribution is 2.33. The molecule has 4 heterocycles. The van der Waals surface area contributed by atoms with E-state index in [-0.39, 0.29) is 5.56 Å². The van der Waals surface area contributed by atoms with Gasteiger partial charge in [0.2, 0.25) is 5.95 Å². The van der Waals surface area contributed by atoms with Crippen LogP contribution >= 0.6 is 0 Å².